The molecule has 1 atom stereocenters. The van der Waals surface area contributed by atoms with E-state index < -0.39 is 0 Å². The molecule has 1 aromatic heterocycles. The third-order valence-corrected chi connectivity index (χ3v) is 7.40. The zero-order valence-corrected chi connectivity index (χ0v) is 21.2. The van der Waals surface area contributed by atoms with Crippen molar-refractivity contribution in [2.24, 2.45) is 10.9 Å². The lowest BCUT2D eigenvalue weighted by Crippen LogP contribution is -2.45. The molecule has 0 spiro atoms. The van der Waals surface area contributed by atoms with Crippen LogP contribution in [0.5, 0.6) is 0 Å². The second-order valence-electron chi connectivity index (χ2n) is 7.51. The first kappa shape index (κ1) is 24.7. The summed E-state index contributed by atoms with van der Waals surface area (Å²) in [5.41, 5.74) is 0. The van der Waals surface area contributed by atoms with E-state index in [1.54, 1.807) is 23.1 Å². The highest BCUT2D eigenvalue weighted by atomic mass is 127. The average molecular weight is 552 g/mol. The minimum Gasteiger partial charge on any atom is -0.357 e. The van der Waals surface area contributed by atoms with Gasteiger partial charge in [-0.05, 0) is 32.6 Å². The molecule has 1 unspecified atom stereocenters. The van der Waals surface area contributed by atoms with Crippen LogP contribution in [0.2, 0.25) is 0 Å². The Morgan fingerprint density at radius 1 is 1.34 bits per heavy atom. The lowest BCUT2D eigenvalue weighted by molar-refractivity contribution is -0.135. The number of aromatic nitrogens is 1. The van der Waals surface area contributed by atoms with Crippen LogP contribution >= 0.6 is 47.1 Å². The highest BCUT2D eigenvalue weighted by Gasteiger charge is 2.31. The number of aliphatic imine (C=N–C) groups is 1. The van der Waals surface area contributed by atoms with E-state index in [9.17, 15) is 4.79 Å². The molecule has 1 aromatic rings. The maximum absolute atomic E-state index is 12.7. The average Bonchev–Trinajstić information content (AvgIpc) is 3.40. The van der Waals surface area contributed by atoms with E-state index >= 15 is 0 Å². The number of halogens is 1. The summed E-state index contributed by atoms with van der Waals surface area (Å²) in [5.74, 6) is 2.55. The zero-order valence-electron chi connectivity index (χ0n) is 17.3. The third kappa shape index (κ3) is 8.24. The fraction of sp³-hybridized carbons (Fsp3) is 0.750. The van der Waals surface area contributed by atoms with E-state index in [4.69, 9.17) is 4.99 Å². The van der Waals surface area contributed by atoms with Gasteiger partial charge in [-0.25, -0.2) is 4.98 Å². The van der Waals surface area contributed by atoms with Crippen LogP contribution in [-0.2, 0) is 4.79 Å². The lowest BCUT2D eigenvalue weighted by Gasteiger charge is -2.26. The molecule has 2 aliphatic rings. The fourth-order valence-electron chi connectivity index (χ4n) is 3.90. The van der Waals surface area contributed by atoms with Crippen LogP contribution in [-0.4, -0.2) is 59.7 Å². The molecule has 29 heavy (non-hydrogen) atoms. The Labute approximate surface area is 200 Å². The summed E-state index contributed by atoms with van der Waals surface area (Å²) in [5, 5.41) is 8.89. The van der Waals surface area contributed by atoms with Crippen molar-refractivity contribution in [3.05, 3.63) is 11.6 Å². The molecule has 2 fully saturated rings. The maximum Gasteiger partial charge on any atom is 0.225 e. The number of nitrogens with zero attached hydrogens (tertiary/aromatic N) is 3. The molecule has 0 aromatic carbocycles. The molecule has 0 bridgehead atoms. The molecular formula is C20H34IN5OS2. The highest BCUT2D eigenvalue weighted by molar-refractivity contribution is 14.0. The van der Waals surface area contributed by atoms with Crippen molar-refractivity contribution >= 4 is 58.9 Å². The zero-order chi connectivity index (χ0) is 19.6. The first-order chi connectivity index (χ1) is 13.8. The number of rotatable bonds is 8. The Bertz CT molecular complexity index is 622. The van der Waals surface area contributed by atoms with E-state index in [2.05, 4.69) is 27.4 Å². The first-order valence-corrected chi connectivity index (χ1v) is 12.5. The largest absolute Gasteiger partial charge is 0.357 e. The van der Waals surface area contributed by atoms with Gasteiger partial charge in [0.05, 0.1) is 0 Å². The van der Waals surface area contributed by atoms with Gasteiger partial charge < -0.3 is 15.5 Å². The molecule has 2 N–H and O–H groups in total. The van der Waals surface area contributed by atoms with Crippen LogP contribution in [0, 0.1) is 5.92 Å². The van der Waals surface area contributed by atoms with Gasteiger partial charge in [-0.1, -0.05) is 31.0 Å². The van der Waals surface area contributed by atoms with Crippen molar-refractivity contribution < 1.29 is 4.79 Å². The standard InChI is InChI=1S/C20H33N5OS2.HI/c1-2-21-19(22-10-6-13-27-20-23-11-14-28-20)24-17-9-12-25(15-17)18(26)16-7-4-3-5-8-16;/h11,14,16-17H,2-10,12-13,15H2,1H3,(H2,21,22,24);1H. The summed E-state index contributed by atoms with van der Waals surface area (Å²) in [6.07, 6.45) is 9.75. The summed E-state index contributed by atoms with van der Waals surface area (Å²) in [6.45, 7) is 5.40. The number of carbonyl (C=O) groups excluding carboxylic acids is 1. The minimum atomic E-state index is 0. The molecule has 1 aliphatic carbocycles. The van der Waals surface area contributed by atoms with E-state index in [1.807, 2.05) is 11.6 Å². The van der Waals surface area contributed by atoms with Crippen molar-refractivity contribution in [1.29, 1.82) is 0 Å². The topological polar surface area (TPSA) is 69.6 Å². The number of thioether (sulfide) groups is 1. The Morgan fingerprint density at radius 2 is 2.17 bits per heavy atom. The molecule has 2 heterocycles. The van der Waals surface area contributed by atoms with Gasteiger partial charge in [0, 0.05) is 55.5 Å². The predicted molar refractivity (Wildman–Crippen MR) is 134 cm³/mol. The molecule has 1 saturated heterocycles. The van der Waals surface area contributed by atoms with E-state index in [-0.39, 0.29) is 29.9 Å². The van der Waals surface area contributed by atoms with Crippen LogP contribution < -0.4 is 10.6 Å². The summed E-state index contributed by atoms with van der Waals surface area (Å²) in [7, 11) is 0. The Balaban J connectivity index is 0.00000300. The van der Waals surface area contributed by atoms with Crippen molar-refractivity contribution in [1.82, 2.24) is 20.5 Å². The summed E-state index contributed by atoms with van der Waals surface area (Å²) in [6, 6.07) is 0.301. The fourth-order valence-corrected chi connectivity index (χ4v) is 5.53. The number of likely N-dealkylation sites (tertiary alicyclic amines) is 1. The van der Waals surface area contributed by atoms with Crippen molar-refractivity contribution in [3.63, 3.8) is 0 Å². The molecule has 3 rings (SSSR count). The van der Waals surface area contributed by atoms with Gasteiger partial charge >= 0.3 is 0 Å². The number of thiazole rings is 1. The summed E-state index contributed by atoms with van der Waals surface area (Å²) < 4.78 is 1.13. The monoisotopic (exact) mass is 551 g/mol. The van der Waals surface area contributed by atoms with Crippen LogP contribution in [0.25, 0.3) is 0 Å². The number of amides is 1. The number of hydrogen-bond acceptors (Lipinski definition) is 5. The second kappa shape index (κ2) is 13.7. The molecule has 1 saturated carbocycles. The highest BCUT2D eigenvalue weighted by Crippen LogP contribution is 2.26. The molecule has 164 valence electrons. The minimum absolute atomic E-state index is 0. The van der Waals surface area contributed by atoms with Gasteiger partial charge in [-0.15, -0.1) is 35.3 Å². The van der Waals surface area contributed by atoms with Gasteiger partial charge in [-0.2, -0.15) is 0 Å². The Hall–Kier alpha value is -0.550. The van der Waals surface area contributed by atoms with Crippen molar-refractivity contribution in [3.8, 4) is 0 Å². The summed E-state index contributed by atoms with van der Waals surface area (Å²) in [4.78, 5) is 23.8. The molecule has 1 amide bonds. The molecule has 9 heteroatoms. The SMILES string of the molecule is CCNC(=NCCCSc1nccs1)NC1CCN(C(=O)C2CCCCC2)C1.I. The predicted octanol–water partition coefficient (Wildman–Crippen LogP) is 3.98. The molecule has 6 nitrogen and oxygen atoms in total. The van der Waals surface area contributed by atoms with Crippen LogP contribution in [0.3, 0.4) is 0 Å². The van der Waals surface area contributed by atoms with E-state index in [1.165, 1.54) is 19.3 Å². The Kier molecular flexibility index (Phi) is 11.7. The number of nitrogens with one attached hydrogen (secondary N) is 2. The van der Waals surface area contributed by atoms with Crippen LogP contribution in [0.4, 0.5) is 0 Å². The summed E-state index contributed by atoms with van der Waals surface area (Å²) >= 11 is 3.48. The van der Waals surface area contributed by atoms with Crippen molar-refractivity contribution in [2.75, 3.05) is 31.9 Å². The first-order valence-electron chi connectivity index (χ1n) is 10.6. The van der Waals surface area contributed by atoms with E-state index in [0.29, 0.717) is 11.9 Å². The second-order valence-corrected chi connectivity index (χ2v) is 9.75. The van der Waals surface area contributed by atoms with Gasteiger partial charge in [-0.3, -0.25) is 9.79 Å². The normalized spacial score (nSPS) is 20.4. The van der Waals surface area contributed by atoms with Gasteiger partial charge in [0.1, 0.15) is 4.34 Å². The van der Waals surface area contributed by atoms with Crippen LogP contribution in [0.1, 0.15) is 51.9 Å². The molecule has 0 radical (unpaired) electrons. The van der Waals surface area contributed by atoms with Crippen LogP contribution in [0.15, 0.2) is 20.9 Å². The molecule has 1 aliphatic heterocycles. The number of hydrogen-bond donors (Lipinski definition) is 2. The molecular weight excluding hydrogens is 517 g/mol. The quantitative estimate of drug-likeness (QED) is 0.168. The van der Waals surface area contributed by atoms with Crippen molar-refractivity contribution in [2.45, 2.75) is 62.3 Å². The number of guanidine groups is 1. The van der Waals surface area contributed by atoms with E-state index in [0.717, 1.165) is 67.9 Å². The van der Waals surface area contributed by atoms with Gasteiger partial charge in [0.2, 0.25) is 5.91 Å². The lowest BCUT2D eigenvalue weighted by atomic mass is 9.88. The Morgan fingerprint density at radius 3 is 2.90 bits per heavy atom. The maximum atomic E-state index is 12.7. The van der Waals surface area contributed by atoms with Gasteiger partial charge in [0.15, 0.2) is 5.96 Å². The van der Waals surface area contributed by atoms with Gasteiger partial charge in [0.25, 0.3) is 0 Å². The third-order valence-electron chi connectivity index (χ3n) is 5.35. The number of carbonyl (C=O) groups is 1. The smallest absolute Gasteiger partial charge is 0.225 e.